The molecule has 7 heteroatoms. The molecule has 166 valence electrons. The lowest BCUT2D eigenvalue weighted by atomic mass is 10.1. The number of nitrogens with zero attached hydrogens (tertiary/aromatic N) is 2. The SMILES string of the molecule is Cc1cc2oc(=O)ccc2cc1N1C(c2ccccc2)=NOC1c1cc2ccccc2oc1=O. The van der Waals surface area contributed by atoms with Crippen molar-refractivity contribution in [1.29, 1.82) is 0 Å². The average molecular weight is 450 g/mol. The number of anilines is 1. The third-order valence-corrected chi connectivity index (χ3v) is 5.87. The van der Waals surface area contributed by atoms with Gasteiger partial charge in [0.05, 0.1) is 5.69 Å². The highest BCUT2D eigenvalue weighted by Crippen LogP contribution is 2.38. The van der Waals surface area contributed by atoms with Crippen molar-refractivity contribution >= 4 is 33.5 Å². The topological polar surface area (TPSA) is 85.2 Å². The van der Waals surface area contributed by atoms with E-state index in [0.29, 0.717) is 22.6 Å². The van der Waals surface area contributed by atoms with Crippen LogP contribution in [0.15, 0.2) is 109 Å². The molecular formula is C27H18N2O5. The first kappa shape index (κ1) is 20.0. The van der Waals surface area contributed by atoms with Gasteiger partial charge < -0.3 is 13.7 Å². The molecule has 6 rings (SSSR count). The molecule has 0 saturated carbocycles. The molecule has 0 fully saturated rings. The van der Waals surface area contributed by atoms with Crippen molar-refractivity contribution in [2.24, 2.45) is 5.16 Å². The van der Waals surface area contributed by atoms with Crippen LogP contribution in [0.3, 0.4) is 0 Å². The molecule has 7 nitrogen and oxygen atoms in total. The van der Waals surface area contributed by atoms with E-state index < -0.39 is 17.5 Å². The minimum Gasteiger partial charge on any atom is -0.423 e. The maximum Gasteiger partial charge on any atom is 0.345 e. The first-order valence-electron chi connectivity index (χ1n) is 10.7. The zero-order chi connectivity index (χ0) is 23.2. The molecule has 0 N–H and O–H groups in total. The van der Waals surface area contributed by atoms with E-state index in [-0.39, 0.29) is 0 Å². The molecule has 0 aliphatic carbocycles. The predicted molar refractivity (Wildman–Crippen MR) is 129 cm³/mol. The monoisotopic (exact) mass is 450 g/mol. The standard InChI is InChI=1S/C27H18N2O5/c1-16-13-23-19(11-12-24(30)32-23)15-21(16)29-25(17-7-3-2-4-8-17)28-34-26(29)20-14-18-9-5-6-10-22(18)33-27(20)31/h2-15,26H,1H3. The molecule has 5 aromatic rings. The lowest BCUT2D eigenvalue weighted by Gasteiger charge is -2.27. The van der Waals surface area contributed by atoms with Gasteiger partial charge in [0.25, 0.3) is 0 Å². The van der Waals surface area contributed by atoms with Gasteiger partial charge in [-0.2, -0.15) is 0 Å². The Kier molecular flexibility index (Phi) is 4.55. The Morgan fingerprint density at radius 2 is 1.56 bits per heavy atom. The summed E-state index contributed by atoms with van der Waals surface area (Å²) in [5.41, 5.74) is 2.81. The van der Waals surface area contributed by atoms with E-state index in [2.05, 4.69) is 5.16 Å². The van der Waals surface area contributed by atoms with Crippen LogP contribution in [0.4, 0.5) is 5.69 Å². The second kappa shape index (κ2) is 7.74. The van der Waals surface area contributed by atoms with Crippen molar-refractivity contribution in [2.75, 3.05) is 4.90 Å². The number of rotatable bonds is 3. The van der Waals surface area contributed by atoms with Crippen LogP contribution in [0.25, 0.3) is 21.9 Å². The quantitative estimate of drug-likeness (QED) is 0.355. The van der Waals surface area contributed by atoms with E-state index in [1.807, 2.05) is 66.4 Å². The van der Waals surface area contributed by atoms with Crippen molar-refractivity contribution in [3.05, 3.63) is 122 Å². The minimum absolute atomic E-state index is 0.326. The van der Waals surface area contributed by atoms with Crippen LogP contribution in [0.1, 0.15) is 22.9 Å². The number of hydrogen-bond acceptors (Lipinski definition) is 7. The van der Waals surface area contributed by atoms with Gasteiger partial charge in [-0.15, -0.1) is 0 Å². The first-order chi connectivity index (χ1) is 16.6. The summed E-state index contributed by atoms with van der Waals surface area (Å²) >= 11 is 0. The number of benzene rings is 3. The van der Waals surface area contributed by atoms with E-state index in [9.17, 15) is 9.59 Å². The zero-order valence-corrected chi connectivity index (χ0v) is 18.1. The Morgan fingerprint density at radius 3 is 2.41 bits per heavy atom. The summed E-state index contributed by atoms with van der Waals surface area (Å²) in [5, 5.41) is 5.89. The van der Waals surface area contributed by atoms with Gasteiger partial charge in [-0.3, -0.25) is 4.90 Å². The average Bonchev–Trinajstić information content (AvgIpc) is 3.28. The van der Waals surface area contributed by atoms with Gasteiger partial charge in [0.1, 0.15) is 16.7 Å². The van der Waals surface area contributed by atoms with Crippen molar-refractivity contribution in [1.82, 2.24) is 0 Å². The van der Waals surface area contributed by atoms with Crippen molar-refractivity contribution in [2.45, 2.75) is 13.2 Å². The largest absolute Gasteiger partial charge is 0.423 e. The summed E-state index contributed by atoms with van der Waals surface area (Å²) < 4.78 is 10.9. The first-order valence-corrected chi connectivity index (χ1v) is 10.7. The van der Waals surface area contributed by atoms with Gasteiger partial charge in [0.15, 0.2) is 5.84 Å². The fourth-order valence-electron chi connectivity index (χ4n) is 4.23. The number of fused-ring (bicyclic) bond motifs is 2. The van der Waals surface area contributed by atoms with Crippen LogP contribution in [0, 0.1) is 6.92 Å². The van der Waals surface area contributed by atoms with Crippen LogP contribution < -0.4 is 16.2 Å². The second-order valence-electron chi connectivity index (χ2n) is 8.07. The number of hydrogen-bond donors (Lipinski definition) is 0. The molecule has 0 radical (unpaired) electrons. The second-order valence-corrected chi connectivity index (χ2v) is 8.07. The summed E-state index contributed by atoms with van der Waals surface area (Å²) in [7, 11) is 0. The van der Waals surface area contributed by atoms with Crippen LogP contribution >= 0.6 is 0 Å². The molecule has 1 aliphatic rings. The molecule has 2 aromatic heterocycles. The molecule has 34 heavy (non-hydrogen) atoms. The van der Waals surface area contributed by atoms with Gasteiger partial charge in [0, 0.05) is 22.4 Å². The van der Waals surface area contributed by atoms with E-state index in [4.69, 9.17) is 13.7 Å². The van der Waals surface area contributed by atoms with E-state index >= 15 is 0 Å². The van der Waals surface area contributed by atoms with Crippen molar-refractivity contribution in [3.8, 4) is 0 Å². The smallest absolute Gasteiger partial charge is 0.345 e. The van der Waals surface area contributed by atoms with E-state index in [1.54, 1.807) is 24.3 Å². The number of oxime groups is 1. The Bertz CT molecular complexity index is 1700. The van der Waals surface area contributed by atoms with Gasteiger partial charge >= 0.3 is 11.3 Å². The van der Waals surface area contributed by atoms with Gasteiger partial charge in [-0.25, -0.2) is 9.59 Å². The highest BCUT2D eigenvalue weighted by atomic mass is 16.7. The van der Waals surface area contributed by atoms with E-state index in [1.165, 1.54) is 6.07 Å². The lowest BCUT2D eigenvalue weighted by Crippen LogP contribution is -2.34. The van der Waals surface area contributed by atoms with Crippen LogP contribution in [-0.4, -0.2) is 5.84 Å². The Morgan fingerprint density at radius 1 is 0.794 bits per heavy atom. The Labute approximate surface area is 193 Å². The maximum atomic E-state index is 13.0. The molecule has 0 saturated heterocycles. The summed E-state index contributed by atoms with van der Waals surface area (Å²) in [6.45, 7) is 1.91. The predicted octanol–water partition coefficient (Wildman–Crippen LogP) is 5.11. The fourth-order valence-corrected chi connectivity index (χ4v) is 4.23. The molecule has 0 spiro atoms. The number of amidine groups is 1. The van der Waals surface area contributed by atoms with Crippen molar-refractivity contribution < 1.29 is 13.7 Å². The molecular weight excluding hydrogens is 432 g/mol. The summed E-state index contributed by atoms with van der Waals surface area (Å²) in [6, 6.07) is 25.5. The molecule has 1 aliphatic heterocycles. The molecule has 1 unspecified atom stereocenters. The summed E-state index contributed by atoms with van der Waals surface area (Å²) in [5.74, 6) is 0.554. The van der Waals surface area contributed by atoms with Crippen LogP contribution in [-0.2, 0) is 4.84 Å². The molecule has 0 amide bonds. The molecule has 0 bridgehead atoms. The van der Waals surface area contributed by atoms with Gasteiger partial charge in [-0.1, -0.05) is 53.7 Å². The van der Waals surface area contributed by atoms with Gasteiger partial charge in [0.2, 0.25) is 6.23 Å². The van der Waals surface area contributed by atoms with Crippen LogP contribution in [0.2, 0.25) is 0 Å². The highest BCUT2D eigenvalue weighted by molar-refractivity contribution is 6.11. The number of para-hydroxylation sites is 1. The third-order valence-electron chi connectivity index (χ3n) is 5.87. The molecule has 3 aromatic carbocycles. The summed E-state index contributed by atoms with van der Waals surface area (Å²) in [4.78, 5) is 32.4. The molecule has 3 heterocycles. The highest BCUT2D eigenvalue weighted by Gasteiger charge is 2.37. The maximum absolute atomic E-state index is 13.0. The van der Waals surface area contributed by atoms with Gasteiger partial charge in [-0.05, 0) is 42.8 Å². The molecule has 1 atom stereocenters. The summed E-state index contributed by atoms with van der Waals surface area (Å²) in [6.07, 6.45) is -0.845. The minimum atomic E-state index is -0.845. The fraction of sp³-hybridized carbons (Fsp3) is 0.0741. The van der Waals surface area contributed by atoms with Crippen molar-refractivity contribution in [3.63, 3.8) is 0 Å². The Balaban J connectivity index is 1.56. The Hall–Kier alpha value is -4.65. The lowest BCUT2D eigenvalue weighted by molar-refractivity contribution is 0.0844. The zero-order valence-electron chi connectivity index (χ0n) is 18.1. The normalized spacial score (nSPS) is 15.5. The number of aryl methyl sites for hydroxylation is 1. The van der Waals surface area contributed by atoms with Crippen LogP contribution in [0.5, 0.6) is 0 Å². The third kappa shape index (κ3) is 3.26. The van der Waals surface area contributed by atoms with E-state index in [0.717, 1.165) is 27.6 Å².